The fourth-order valence-corrected chi connectivity index (χ4v) is 3.04. The second kappa shape index (κ2) is 8.10. The van der Waals surface area contributed by atoms with Crippen molar-refractivity contribution in [2.45, 2.75) is 19.6 Å². The van der Waals surface area contributed by atoms with Crippen molar-refractivity contribution in [1.29, 1.82) is 0 Å². The molecule has 0 aliphatic carbocycles. The zero-order valence-electron chi connectivity index (χ0n) is 15.6. The molecule has 0 aliphatic rings. The molecule has 2 aromatic heterocycles. The van der Waals surface area contributed by atoms with Crippen LogP contribution in [0.1, 0.15) is 12.1 Å². The number of benzene rings is 2. The summed E-state index contributed by atoms with van der Waals surface area (Å²) in [6.07, 6.45) is 3.59. The third-order valence-corrected chi connectivity index (χ3v) is 4.47. The normalized spacial score (nSPS) is 12.1. The van der Waals surface area contributed by atoms with E-state index in [-0.39, 0.29) is 0 Å². The summed E-state index contributed by atoms with van der Waals surface area (Å²) in [6.45, 7) is 2.47. The van der Waals surface area contributed by atoms with Crippen molar-refractivity contribution in [3.63, 3.8) is 0 Å². The molecular weight excluding hydrogens is 352 g/mol. The van der Waals surface area contributed by atoms with E-state index in [0.717, 1.165) is 33.5 Å². The number of nitrogens with two attached hydrogens (primary N) is 1. The van der Waals surface area contributed by atoms with Crippen LogP contribution in [0, 0.1) is 6.92 Å². The smallest absolute Gasteiger partial charge is 0.242 e. The van der Waals surface area contributed by atoms with Crippen molar-refractivity contribution in [3.05, 3.63) is 72.7 Å². The number of H-pyrrole nitrogens is 1. The number of hydrogen-bond acceptors (Lipinski definition) is 5. The fraction of sp³-hybridized carbons (Fsp3) is 0.182. The Morgan fingerprint density at radius 1 is 0.964 bits per heavy atom. The number of nitrogens with zero attached hydrogens (tertiary/aromatic N) is 2. The molecule has 0 amide bonds. The molecule has 0 bridgehead atoms. The van der Waals surface area contributed by atoms with Gasteiger partial charge in [0.25, 0.3) is 0 Å². The van der Waals surface area contributed by atoms with Crippen LogP contribution < -0.4 is 15.2 Å². The number of pyridine rings is 1. The SMILES string of the molecule is Cc1[nH]nc2ccc(-c3cncc(OC(CCN)Oc4ccccc4)c3)cc12. The molecule has 6 nitrogen and oxygen atoms in total. The highest BCUT2D eigenvalue weighted by Crippen LogP contribution is 2.27. The summed E-state index contributed by atoms with van der Waals surface area (Å²) in [6, 6.07) is 17.7. The van der Waals surface area contributed by atoms with E-state index in [2.05, 4.69) is 21.2 Å². The summed E-state index contributed by atoms with van der Waals surface area (Å²) < 4.78 is 12.0. The van der Waals surface area contributed by atoms with Crippen molar-refractivity contribution in [3.8, 4) is 22.6 Å². The maximum atomic E-state index is 6.03. The molecule has 1 unspecified atom stereocenters. The Labute approximate surface area is 163 Å². The van der Waals surface area contributed by atoms with Gasteiger partial charge in [-0.05, 0) is 49.4 Å². The molecule has 28 heavy (non-hydrogen) atoms. The third kappa shape index (κ3) is 3.97. The summed E-state index contributed by atoms with van der Waals surface area (Å²) >= 11 is 0. The predicted octanol–water partition coefficient (Wildman–Crippen LogP) is 4.07. The Balaban J connectivity index is 1.57. The number of nitrogens with one attached hydrogen (secondary N) is 1. The van der Waals surface area contributed by atoms with E-state index < -0.39 is 6.29 Å². The van der Waals surface area contributed by atoms with Crippen LogP contribution in [0.5, 0.6) is 11.5 Å². The van der Waals surface area contributed by atoms with Gasteiger partial charge >= 0.3 is 0 Å². The van der Waals surface area contributed by atoms with Crippen molar-refractivity contribution in [2.75, 3.05) is 6.54 Å². The molecule has 0 saturated carbocycles. The number of aromatic nitrogens is 3. The summed E-state index contributed by atoms with van der Waals surface area (Å²) in [5.41, 5.74) is 9.73. The lowest BCUT2D eigenvalue weighted by atomic mass is 10.0. The molecule has 2 aromatic carbocycles. The average molecular weight is 374 g/mol. The van der Waals surface area contributed by atoms with E-state index in [1.54, 1.807) is 6.20 Å². The van der Waals surface area contributed by atoms with Crippen LogP contribution in [-0.2, 0) is 0 Å². The van der Waals surface area contributed by atoms with E-state index in [1.165, 1.54) is 0 Å². The van der Waals surface area contributed by atoms with Gasteiger partial charge < -0.3 is 15.2 Å². The van der Waals surface area contributed by atoms with Crippen LogP contribution >= 0.6 is 0 Å². The van der Waals surface area contributed by atoms with Gasteiger partial charge in [-0.15, -0.1) is 0 Å². The van der Waals surface area contributed by atoms with Gasteiger partial charge in [-0.1, -0.05) is 24.3 Å². The average Bonchev–Trinajstić information content (AvgIpc) is 3.09. The van der Waals surface area contributed by atoms with Crippen LogP contribution in [0.15, 0.2) is 67.0 Å². The van der Waals surface area contributed by atoms with Crippen LogP contribution in [0.2, 0.25) is 0 Å². The maximum Gasteiger partial charge on any atom is 0.242 e. The first-order chi connectivity index (χ1) is 13.7. The molecule has 0 radical (unpaired) electrons. The van der Waals surface area contributed by atoms with Crippen LogP contribution in [-0.4, -0.2) is 28.0 Å². The lowest BCUT2D eigenvalue weighted by Crippen LogP contribution is -2.27. The van der Waals surface area contributed by atoms with Crippen molar-refractivity contribution < 1.29 is 9.47 Å². The zero-order chi connectivity index (χ0) is 19.3. The number of rotatable bonds is 7. The Bertz CT molecular complexity index is 1060. The zero-order valence-corrected chi connectivity index (χ0v) is 15.6. The van der Waals surface area contributed by atoms with Gasteiger partial charge in [0.05, 0.1) is 11.7 Å². The number of aromatic amines is 1. The quantitative estimate of drug-likeness (QED) is 0.476. The molecule has 6 heteroatoms. The van der Waals surface area contributed by atoms with Crippen molar-refractivity contribution in [2.24, 2.45) is 5.73 Å². The predicted molar refractivity (Wildman–Crippen MR) is 109 cm³/mol. The van der Waals surface area contributed by atoms with Gasteiger partial charge in [0.15, 0.2) is 0 Å². The molecule has 142 valence electrons. The highest BCUT2D eigenvalue weighted by atomic mass is 16.7. The molecule has 4 aromatic rings. The van der Waals surface area contributed by atoms with Gasteiger partial charge in [0, 0.05) is 29.3 Å². The molecule has 3 N–H and O–H groups in total. The largest absolute Gasteiger partial charge is 0.455 e. The number of hydrogen-bond donors (Lipinski definition) is 2. The second-order valence-corrected chi connectivity index (χ2v) is 6.55. The summed E-state index contributed by atoms with van der Waals surface area (Å²) in [4.78, 5) is 4.34. The molecule has 0 fully saturated rings. The number of para-hydroxylation sites is 1. The Morgan fingerprint density at radius 2 is 1.79 bits per heavy atom. The van der Waals surface area contributed by atoms with E-state index in [1.807, 2.05) is 61.7 Å². The second-order valence-electron chi connectivity index (χ2n) is 6.55. The first-order valence-corrected chi connectivity index (χ1v) is 9.21. The molecule has 0 saturated heterocycles. The van der Waals surface area contributed by atoms with Crippen LogP contribution in [0.4, 0.5) is 0 Å². The Hall–Kier alpha value is -3.38. The number of fused-ring (bicyclic) bond motifs is 1. The molecular formula is C22H22N4O2. The van der Waals surface area contributed by atoms with Crippen molar-refractivity contribution >= 4 is 10.9 Å². The number of ether oxygens (including phenoxy) is 2. The van der Waals surface area contributed by atoms with Gasteiger partial charge in [-0.25, -0.2) is 0 Å². The van der Waals surface area contributed by atoms with Gasteiger partial charge in [-0.3, -0.25) is 10.1 Å². The highest BCUT2D eigenvalue weighted by Gasteiger charge is 2.13. The van der Waals surface area contributed by atoms with Crippen LogP contribution in [0.3, 0.4) is 0 Å². The summed E-state index contributed by atoms with van der Waals surface area (Å²) in [5.74, 6) is 1.38. The third-order valence-electron chi connectivity index (χ3n) is 4.47. The first kappa shape index (κ1) is 18.0. The molecule has 0 spiro atoms. The topological polar surface area (TPSA) is 86.0 Å². The standard InChI is InChI=1S/C22H22N4O2/c1-15-20-12-16(7-8-21(20)26-25-15)17-11-19(14-24-13-17)28-22(9-10-23)27-18-5-3-2-4-6-18/h2-8,11-14,22H,9-10,23H2,1H3,(H,25,26). The van der Waals surface area contributed by atoms with E-state index in [0.29, 0.717) is 18.7 Å². The van der Waals surface area contributed by atoms with E-state index in [9.17, 15) is 0 Å². The summed E-state index contributed by atoms with van der Waals surface area (Å²) in [7, 11) is 0. The lowest BCUT2D eigenvalue weighted by Gasteiger charge is -2.20. The minimum Gasteiger partial charge on any atom is -0.455 e. The van der Waals surface area contributed by atoms with Gasteiger partial charge in [0.1, 0.15) is 11.5 Å². The maximum absolute atomic E-state index is 6.03. The molecule has 4 rings (SSSR count). The minimum absolute atomic E-state index is 0.459. The van der Waals surface area contributed by atoms with Crippen LogP contribution in [0.25, 0.3) is 22.0 Å². The summed E-state index contributed by atoms with van der Waals surface area (Å²) in [5, 5.41) is 8.38. The minimum atomic E-state index is -0.483. The molecule has 2 heterocycles. The van der Waals surface area contributed by atoms with Gasteiger partial charge in [0.2, 0.25) is 6.29 Å². The monoisotopic (exact) mass is 374 g/mol. The fourth-order valence-electron chi connectivity index (χ4n) is 3.04. The highest BCUT2D eigenvalue weighted by molar-refractivity contribution is 5.86. The Morgan fingerprint density at radius 3 is 2.61 bits per heavy atom. The van der Waals surface area contributed by atoms with E-state index in [4.69, 9.17) is 15.2 Å². The Kier molecular flexibility index (Phi) is 5.21. The lowest BCUT2D eigenvalue weighted by molar-refractivity contribution is 0.00125. The number of aryl methyl sites for hydroxylation is 1. The van der Waals surface area contributed by atoms with E-state index >= 15 is 0 Å². The van der Waals surface area contributed by atoms with Gasteiger partial charge in [-0.2, -0.15) is 5.10 Å². The first-order valence-electron chi connectivity index (χ1n) is 9.21. The van der Waals surface area contributed by atoms with Crippen molar-refractivity contribution in [1.82, 2.24) is 15.2 Å². The molecule has 1 atom stereocenters. The molecule has 0 aliphatic heterocycles.